The van der Waals surface area contributed by atoms with E-state index in [0.717, 1.165) is 13.0 Å². The molecule has 2 N–H and O–H groups in total. The molecule has 2 rings (SSSR count). The summed E-state index contributed by atoms with van der Waals surface area (Å²) in [6.07, 6.45) is 3.24. The van der Waals surface area contributed by atoms with Gasteiger partial charge in [-0.1, -0.05) is 0 Å². The smallest absolute Gasteiger partial charge is 0.240 e. The van der Waals surface area contributed by atoms with Crippen LogP contribution in [0.1, 0.15) is 24.8 Å². The Morgan fingerprint density at radius 1 is 1.21 bits per heavy atom. The van der Waals surface area contributed by atoms with Crippen molar-refractivity contribution in [2.75, 3.05) is 13.1 Å². The van der Waals surface area contributed by atoms with E-state index in [1.54, 1.807) is 0 Å². The van der Waals surface area contributed by atoms with Crippen molar-refractivity contribution in [2.24, 2.45) is 0 Å². The van der Waals surface area contributed by atoms with Gasteiger partial charge in [0.05, 0.1) is 16.5 Å². The first-order valence-electron chi connectivity index (χ1n) is 6.35. The van der Waals surface area contributed by atoms with Crippen LogP contribution in [0.4, 0.5) is 0 Å². The summed E-state index contributed by atoms with van der Waals surface area (Å²) >= 11 is 0. The summed E-state index contributed by atoms with van der Waals surface area (Å²) in [5.41, 5.74) is 0.451. The van der Waals surface area contributed by atoms with Gasteiger partial charge in [0.2, 0.25) is 10.0 Å². The van der Waals surface area contributed by atoms with Crippen LogP contribution in [0.2, 0.25) is 0 Å². The van der Waals surface area contributed by atoms with Crippen LogP contribution in [-0.4, -0.2) is 27.5 Å². The highest BCUT2D eigenvalue weighted by Gasteiger charge is 2.19. The molecule has 1 aliphatic rings. The van der Waals surface area contributed by atoms with E-state index in [0.29, 0.717) is 18.2 Å². The van der Waals surface area contributed by atoms with Crippen LogP contribution in [0.5, 0.6) is 0 Å². The van der Waals surface area contributed by atoms with E-state index in [-0.39, 0.29) is 4.90 Å². The van der Waals surface area contributed by atoms with Gasteiger partial charge in [0.25, 0.3) is 0 Å². The Balaban J connectivity index is 1.80. The predicted octanol–water partition coefficient (Wildman–Crippen LogP) is 0.979. The number of nitrogens with zero attached hydrogens (tertiary/aromatic N) is 1. The number of rotatable bonds is 7. The van der Waals surface area contributed by atoms with E-state index < -0.39 is 10.0 Å². The third-order valence-electron chi connectivity index (χ3n) is 2.95. The third kappa shape index (κ3) is 4.31. The molecule has 0 atom stereocenters. The van der Waals surface area contributed by atoms with Gasteiger partial charge < -0.3 is 5.32 Å². The fraction of sp³-hybridized carbons (Fsp3) is 0.462. The van der Waals surface area contributed by atoms with Crippen molar-refractivity contribution in [1.29, 1.82) is 5.26 Å². The molecule has 1 fully saturated rings. The Labute approximate surface area is 113 Å². The Hall–Kier alpha value is -1.42. The van der Waals surface area contributed by atoms with E-state index in [1.165, 1.54) is 37.1 Å². The zero-order valence-electron chi connectivity index (χ0n) is 10.6. The molecule has 0 amide bonds. The molecule has 19 heavy (non-hydrogen) atoms. The van der Waals surface area contributed by atoms with E-state index in [2.05, 4.69) is 10.0 Å². The molecule has 0 unspecified atom stereocenters. The molecule has 0 radical (unpaired) electrons. The second kappa shape index (κ2) is 6.15. The van der Waals surface area contributed by atoms with Gasteiger partial charge in [-0.3, -0.25) is 0 Å². The van der Waals surface area contributed by atoms with Crippen molar-refractivity contribution in [1.82, 2.24) is 10.0 Å². The minimum absolute atomic E-state index is 0.196. The fourth-order valence-corrected chi connectivity index (χ4v) is 2.75. The molecule has 0 saturated heterocycles. The maximum absolute atomic E-state index is 11.9. The molecule has 6 heteroatoms. The molecule has 0 aliphatic heterocycles. The van der Waals surface area contributed by atoms with Gasteiger partial charge in [-0.15, -0.1) is 0 Å². The molecule has 0 spiro atoms. The quantitative estimate of drug-likeness (QED) is 0.729. The zero-order chi connectivity index (χ0) is 13.7. The normalized spacial score (nSPS) is 15.1. The fourth-order valence-electron chi connectivity index (χ4n) is 1.68. The molecule has 0 heterocycles. The van der Waals surface area contributed by atoms with Crippen molar-refractivity contribution in [3.05, 3.63) is 29.8 Å². The molecule has 1 aliphatic carbocycles. The largest absolute Gasteiger partial charge is 0.314 e. The first-order chi connectivity index (χ1) is 9.12. The molecule has 102 valence electrons. The topological polar surface area (TPSA) is 82.0 Å². The van der Waals surface area contributed by atoms with E-state index in [4.69, 9.17) is 5.26 Å². The standard InChI is InChI=1S/C13H17N3O2S/c14-10-11-2-6-13(7-3-11)19(17,18)16-9-1-8-15-12-4-5-12/h2-3,6-7,12,15-16H,1,4-5,8-9H2. The summed E-state index contributed by atoms with van der Waals surface area (Å²) in [7, 11) is -3.46. The minimum atomic E-state index is -3.46. The first-order valence-corrected chi connectivity index (χ1v) is 7.83. The molecule has 0 bridgehead atoms. The summed E-state index contributed by atoms with van der Waals surface area (Å²) in [5.74, 6) is 0. The lowest BCUT2D eigenvalue weighted by Gasteiger charge is -2.07. The lowest BCUT2D eigenvalue weighted by atomic mass is 10.2. The maximum Gasteiger partial charge on any atom is 0.240 e. The molecule has 1 aromatic carbocycles. The summed E-state index contributed by atoms with van der Waals surface area (Å²) in [5, 5.41) is 12.0. The van der Waals surface area contributed by atoms with E-state index in [1.807, 2.05) is 6.07 Å². The highest BCUT2D eigenvalue weighted by Crippen LogP contribution is 2.18. The summed E-state index contributed by atoms with van der Waals surface area (Å²) in [6.45, 7) is 1.25. The third-order valence-corrected chi connectivity index (χ3v) is 4.43. The monoisotopic (exact) mass is 279 g/mol. The summed E-state index contributed by atoms with van der Waals surface area (Å²) < 4.78 is 26.4. The minimum Gasteiger partial charge on any atom is -0.314 e. The number of hydrogen-bond acceptors (Lipinski definition) is 4. The van der Waals surface area contributed by atoms with Gasteiger partial charge >= 0.3 is 0 Å². The van der Waals surface area contributed by atoms with Crippen LogP contribution >= 0.6 is 0 Å². The van der Waals surface area contributed by atoms with Gasteiger partial charge in [0, 0.05) is 12.6 Å². The molecule has 5 nitrogen and oxygen atoms in total. The van der Waals surface area contributed by atoms with Gasteiger partial charge in [-0.05, 0) is 50.1 Å². The van der Waals surface area contributed by atoms with Crippen molar-refractivity contribution in [2.45, 2.75) is 30.2 Å². The average Bonchev–Trinajstić information content (AvgIpc) is 3.22. The lowest BCUT2D eigenvalue weighted by Crippen LogP contribution is -2.28. The van der Waals surface area contributed by atoms with Crippen LogP contribution in [-0.2, 0) is 10.0 Å². The molecule has 1 aromatic rings. The Bertz CT molecular complexity index is 557. The van der Waals surface area contributed by atoms with Crippen LogP contribution < -0.4 is 10.0 Å². The summed E-state index contributed by atoms with van der Waals surface area (Å²) in [4.78, 5) is 0.196. The van der Waals surface area contributed by atoms with Gasteiger partial charge in [-0.2, -0.15) is 5.26 Å². The van der Waals surface area contributed by atoms with E-state index in [9.17, 15) is 8.42 Å². The number of hydrogen-bond donors (Lipinski definition) is 2. The second-order valence-corrected chi connectivity index (χ2v) is 6.38. The first kappa shape index (κ1) is 14.0. The molecular weight excluding hydrogens is 262 g/mol. The van der Waals surface area contributed by atoms with Crippen LogP contribution in [0, 0.1) is 11.3 Å². The van der Waals surface area contributed by atoms with Crippen molar-refractivity contribution in [3.63, 3.8) is 0 Å². The van der Waals surface area contributed by atoms with Crippen molar-refractivity contribution in [3.8, 4) is 6.07 Å². The highest BCUT2D eigenvalue weighted by molar-refractivity contribution is 7.89. The zero-order valence-corrected chi connectivity index (χ0v) is 11.4. The van der Waals surface area contributed by atoms with Crippen molar-refractivity contribution >= 4 is 10.0 Å². The summed E-state index contributed by atoms with van der Waals surface area (Å²) in [6, 6.07) is 8.51. The van der Waals surface area contributed by atoms with Crippen LogP contribution in [0.3, 0.4) is 0 Å². The molecule has 1 saturated carbocycles. The number of nitriles is 1. The Kier molecular flexibility index (Phi) is 4.53. The molecule has 0 aromatic heterocycles. The Morgan fingerprint density at radius 2 is 1.89 bits per heavy atom. The predicted molar refractivity (Wildman–Crippen MR) is 72.0 cm³/mol. The lowest BCUT2D eigenvalue weighted by molar-refractivity contribution is 0.573. The SMILES string of the molecule is N#Cc1ccc(S(=O)(=O)NCCCNC2CC2)cc1. The van der Waals surface area contributed by atoms with Gasteiger partial charge in [0.1, 0.15) is 0 Å². The van der Waals surface area contributed by atoms with Gasteiger partial charge in [0.15, 0.2) is 0 Å². The number of sulfonamides is 1. The molecular formula is C13H17N3O2S. The van der Waals surface area contributed by atoms with Crippen LogP contribution in [0.15, 0.2) is 29.2 Å². The average molecular weight is 279 g/mol. The number of benzene rings is 1. The van der Waals surface area contributed by atoms with E-state index >= 15 is 0 Å². The number of nitrogens with one attached hydrogen (secondary N) is 2. The second-order valence-electron chi connectivity index (χ2n) is 4.62. The van der Waals surface area contributed by atoms with Crippen LogP contribution in [0.25, 0.3) is 0 Å². The van der Waals surface area contributed by atoms with Gasteiger partial charge in [-0.25, -0.2) is 13.1 Å². The highest BCUT2D eigenvalue weighted by atomic mass is 32.2. The van der Waals surface area contributed by atoms with Crippen molar-refractivity contribution < 1.29 is 8.42 Å². The Morgan fingerprint density at radius 3 is 2.47 bits per heavy atom. The maximum atomic E-state index is 11.9.